The Kier molecular flexibility index (Phi) is 5.37. The number of rotatable bonds is 6. The molecule has 0 aromatic heterocycles. The smallest absolute Gasteiger partial charge is 0.294 e. The molecule has 0 aliphatic heterocycles. The third kappa shape index (κ3) is 3.63. The number of hydrogen-bond donors (Lipinski definition) is 2. The lowest BCUT2D eigenvalue weighted by molar-refractivity contribution is -0.757. The van der Waals surface area contributed by atoms with Crippen molar-refractivity contribution in [2.75, 3.05) is 6.61 Å². The monoisotopic (exact) mass is 281 g/mol. The van der Waals surface area contributed by atoms with E-state index in [2.05, 4.69) is 4.84 Å². The molecule has 0 atom stereocenters. The SMILES string of the molecule is Cc1c(C)c(O)c(/C=C/CCCO[N+](=O)[O-])c(C)c1O. The van der Waals surface area contributed by atoms with Crippen LogP contribution in [0.1, 0.15) is 35.1 Å². The molecule has 110 valence electrons. The van der Waals surface area contributed by atoms with E-state index in [4.69, 9.17) is 0 Å². The fourth-order valence-electron chi connectivity index (χ4n) is 1.89. The Hall–Kier alpha value is -2.24. The van der Waals surface area contributed by atoms with E-state index in [1.165, 1.54) is 0 Å². The molecule has 0 aliphatic rings. The molecular weight excluding hydrogens is 262 g/mol. The quantitative estimate of drug-likeness (QED) is 0.362. The first kappa shape index (κ1) is 15.8. The van der Waals surface area contributed by atoms with E-state index in [-0.39, 0.29) is 18.1 Å². The first-order chi connectivity index (χ1) is 9.36. The van der Waals surface area contributed by atoms with Crippen molar-refractivity contribution in [2.24, 2.45) is 0 Å². The summed E-state index contributed by atoms with van der Waals surface area (Å²) in [6, 6.07) is 0. The van der Waals surface area contributed by atoms with Gasteiger partial charge in [0.2, 0.25) is 0 Å². The third-order valence-electron chi connectivity index (χ3n) is 3.28. The Morgan fingerprint density at radius 1 is 1.15 bits per heavy atom. The van der Waals surface area contributed by atoms with E-state index in [9.17, 15) is 20.3 Å². The maximum absolute atomic E-state index is 10.1. The Labute approximate surface area is 117 Å². The van der Waals surface area contributed by atoms with E-state index in [0.717, 1.165) is 0 Å². The summed E-state index contributed by atoms with van der Waals surface area (Å²) in [6.45, 7) is 5.27. The van der Waals surface area contributed by atoms with Gasteiger partial charge in [0, 0.05) is 11.1 Å². The van der Waals surface area contributed by atoms with E-state index in [1.54, 1.807) is 32.9 Å². The van der Waals surface area contributed by atoms with Crippen LogP contribution >= 0.6 is 0 Å². The molecule has 6 nitrogen and oxygen atoms in total. The lowest BCUT2D eigenvalue weighted by atomic mass is 9.97. The molecule has 1 aromatic rings. The summed E-state index contributed by atoms with van der Waals surface area (Å²) < 4.78 is 0. The van der Waals surface area contributed by atoms with Crippen molar-refractivity contribution < 1.29 is 20.1 Å². The lowest BCUT2D eigenvalue weighted by Crippen LogP contribution is -2.01. The van der Waals surface area contributed by atoms with Crippen LogP contribution < -0.4 is 0 Å². The van der Waals surface area contributed by atoms with Gasteiger partial charge in [0.1, 0.15) is 11.5 Å². The van der Waals surface area contributed by atoms with Crippen molar-refractivity contribution in [1.29, 1.82) is 0 Å². The number of benzene rings is 1. The summed E-state index contributed by atoms with van der Waals surface area (Å²) in [4.78, 5) is 14.1. The zero-order valence-corrected chi connectivity index (χ0v) is 11.8. The van der Waals surface area contributed by atoms with Crippen LogP contribution in [-0.4, -0.2) is 21.9 Å². The van der Waals surface area contributed by atoms with Gasteiger partial charge in [-0.25, -0.2) is 0 Å². The molecule has 0 saturated heterocycles. The number of aromatic hydroxyl groups is 2. The molecule has 6 heteroatoms. The summed E-state index contributed by atoms with van der Waals surface area (Å²) in [5, 5.41) is 29.2. The van der Waals surface area contributed by atoms with Crippen LogP contribution in [0.5, 0.6) is 11.5 Å². The van der Waals surface area contributed by atoms with E-state index in [0.29, 0.717) is 35.1 Å². The molecule has 0 saturated carbocycles. The van der Waals surface area contributed by atoms with E-state index >= 15 is 0 Å². The van der Waals surface area contributed by atoms with Gasteiger partial charge in [-0.15, -0.1) is 10.1 Å². The Morgan fingerprint density at radius 3 is 2.35 bits per heavy atom. The lowest BCUT2D eigenvalue weighted by Gasteiger charge is -2.13. The van der Waals surface area contributed by atoms with Crippen molar-refractivity contribution in [3.8, 4) is 11.5 Å². The van der Waals surface area contributed by atoms with Gasteiger partial charge in [0.25, 0.3) is 5.09 Å². The standard InChI is InChI=1S/C14H19NO5/c1-9-10(2)14(17)12(11(3)13(9)16)7-5-4-6-8-20-15(18)19/h5,7,16-17H,4,6,8H2,1-3H3/b7-5+. The highest BCUT2D eigenvalue weighted by atomic mass is 16.9. The van der Waals surface area contributed by atoms with Crippen molar-refractivity contribution in [3.05, 3.63) is 38.4 Å². The Balaban J connectivity index is 2.75. The summed E-state index contributed by atoms with van der Waals surface area (Å²) >= 11 is 0. The van der Waals surface area contributed by atoms with Gasteiger partial charge >= 0.3 is 0 Å². The maximum atomic E-state index is 10.1. The molecule has 0 aliphatic carbocycles. The summed E-state index contributed by atoms with van der Waals surface area (Å²) in [7, 11) is 0. The number of unbranched alkanes of at least 4 members (excludes halogenated alkanes) is 1. The summed E-state index contributed by atoms with van der Waals surface area (Å²) in [5.41, 5.74) is 2.49. The number of phenols is 2. The third-order valence-corrected chi connectivity index (χ3v) is 3.28. The number of hydrogen-bond acceptors (Lipinski definition) is 5. The van der Waals surface area contributed by atoms with E-state index in [1.807, 2.05) is 0 Å². The predicted octanol–water partition coefficient (Wildman–Crippen LogP) is 3.02. The second-order valence-electron chi connectivity index (χ2n) is 4.59. The van der Waals surface area contributed by atoms with Crippen molar-refractivity contribution in [3.63, 3.8) is 0 Å². The molecule has 20 heavy (non-hydrogen) atoms. The second-order valence-corrected chi connectivity index (χ2v) is 4.59. The average Bonchev–Trinajstić information content (AvgIpc) is 2.41. The minimum Gasteiger partial charge on any atom is -0.507 e. The normalized spacial score (nSPS) is 10.9. The van der Waals surface area contributed by atoms with Crippen LogP contribution in [-0.2, 0) is 4.84 Å². The van der Waals surface area contributed by atoms with Gasteiger partial charge in [0.05, 0.1) is 6.61 Å². The van der Waals surface area contributed by atoms with Gasteiger partial charge in [-0.1, -0.05) is 12.2 Å². The van der Waals surface area contributed by atoms with Gasteiger partial charge in [-0.05, 0) is 44.7 Å². The zero-order valence-electron chi connectivity index (χ0n) is 11.8. The van der Waals surface area contributed by atoms with Crippen LogP contribution in [0.2, 0.25) is 0 Å². The van der Waals surface area contributed by atoms with Gasteiger partial charge in [0.15, 0.2) is 0 Å². The van der Waals surface area contributed by atoms with Crippen LogP contribution in [0.4, 0.5) is 0 Å². The Bertz CT molecular complexity index is 508. The van der Waals surface area contributed by atoms with Gasteiger partial charge < -0.3 is 15.1 Å². The maximum Gasteiger partial charge on any atom is 0.294 e. The van der Waals surface area contributed by atoms with Crippen LogP contribution in [0.3, 0.4) is 0 Å². The average molecular weight is 281 g/mol. The molecule has 2 N–H and O–H groups in total. The zero-order chi connectivity index (χ0) is 15.3. The second kappa shape index (κ2) is 6.79. The molecule has 1 rings (SSSR count). The minimum atomic E-state index is -0.818. The number of nitrogens with zero attached hydrogens (tertiary/aromatic N) is 1. The first-order valence-corrected chi connectivity index (χ1v) is 6.31. The summed E-state index contributed by atoms with van der Waals surface area (Å²) in [6.07, 6.45) is 4.59. The molecule has 0 radical (unpaired) electrons. The number of phenolic OH excluding ortho intramolecular Hbond substituents is 2. The molecule has 1 aromatic carbocycles. The molecule has 0 bridgehead atoms. The first-order valence-electron chi connectivity index (χ1n) is 6.31. The summed E-state index contributed by atoms with van der Waals surface area (Å²) in [5.74, 6) is 0.326. The highest BCUT2D eigenvalue weighted by Gasteiger charge is 2.14. The number of allylic oxidation sites excluding steroid dienone is 1. The topological polar surface area (TPSA) is 92.8 Å². The largest absolute Gasteiger partial charge is 0.507 e. The van der Waals surface area contributed by atoms with Crippen LogP contribution in [0.25, 0.3) is 6.08 Å². The van der Waals surface area contributed by atoms with Crippen molar-refractivity contribution >= 4 is 6.08 Å². The van der Waals surface area contributed by atoms with Crippen LogP contribution in [0.15, 0.2) is 6.08 Å². The van der Waals surface area contributed by atoms with E-state index < -0.39 is 5.09 Å². The highest BCUT2D eigenvalue weighted by molar-refractivity contribution is 5.68. The molecular formula is C14H19NO5. The highest BCUT2D eigenvalue weighted by Crippen LogP contribution is 2.36. The van der Waals surface area contributed by atoms with Crippen LogP contribution in [0, 0.1) is 30.9 Å². The predicted molar refractivity (Wildman–Crippen MR) is 75.2 cm³/mol. The van der Waals surface area contributed by atoms with Gasteiger partial charge in [-0.2, -0.15) is 0 Å². The van der Waals surface area contributed by atoms with Gasteiger partial charge in [-0.3, -0.25) is 0 Å². The van der Waals surface area contributed by atoms with Crippen molar-refractivity contribution in [1.82, 2.24) is 0 Å². The molecule has 0 amide bonds. The fraction of sp³-hybridized carbons (Fsp3) is 0.429. The molecule has 0 spiro atoms. The van der Waals surface area contributed by atoms with Crippen molar-refractivity contribution in [2.45, 2.75) is 33.6 Å². The molecule has 0 heterocycles. The minimum absolute atomic E-state index is 0.0421. The molecule has 0 fully saturated rings. The fourth-order valence-corrected chi connectivity index (χ4v) is 1.89. The molecule has 0 unspecified atom stereocenters. The Morgan fingerprint density at radius 2 is 1.75 bits per heavy atom.